The largest absolute Gasteiger partial charge is 0.296 e. The Hall–Kier alpha value is -1.42. The quantitative estimate of drug-likeness (QED) is 0.605. The summed E-state index contributed by atoms with van der Waals surface area (Å²) in [6.07, 6.45) is 3.54. The van der Waals surface area contributed by atoms with Crippen molar-refractivity contribution in [1.82, 2.24) is 4.90 Å². The van der Waals surface area contributed by atoms with E-state index in [-0.39, 0.29) is 10.6 Å². The van der Waals surface area contributed by atoms with Crippen molar-refractivity contribution in [2.75, 3.05) is 13.1 Å². The van der Waals surface area contributed by atoms with Crippen molar-refractivity contribution in [3.63, 3.8) is 0 Å². The van der Waals surface area contributed by atoms with Crippen molar-refractivity contribution in [2.45, 2.75) is 39.2 Å². The third kappa shape index (κ3) is 2.53. The van der Waals surface area contributed by atoms with E-state index in [4.69, 9.17) is 0 Å². The van der Waals surface area contributed by atoms with Crippen LogP contribution in [0.3, 0.4) is 0 Å². The fourth-order valence-corrected chi connectivity index (χ4v) is 2.88. The molecule has 1 saturated heterocycles. The maximum atomic E-state index is 10.7. The molecule has 1 fully saturated rings. The highest BCUT2D eigenvalue weighted by Gasteiger charge is 2.26. The SMILES string of the molecule is CCCN1CCCC1c1ccc([N+](=O)[O-])cc1C. The van der Waals surface area contributed by atoms with Crippen LogP contribution in [0, 0.1) is 17.0 Å². The first-order valence-corrected chi connectivity index (χ1v) is 6.62. The van der Waals surface area contributed by atoms with E-state index in [1.807, 2.05) is 13.0 Å². The summed E-state index contributed by atoms with van der Waals surface area (Å²) in [5, 5.41) is 10.7. The van der Waals surface area contributed by atoms with Crippen LogP contribution in [0.5, 0.6) is 0 Å². The topological polar surface area (TPSA) is 46.4 Å². The fourth-order valence-electron chi connectivity index (χ4n) is 2.88. The molecule has 1 heterocycles. The van der Waals surface area contributed by atoms with E-state index in [0.29, 0.717) is 6.04 Å². The smallest absolute Gasteiger partial charge is 0.269 e. The number of aryl methyl sites for hydroxylation is 1. The van der Waals surface area contributed by atoms with Crippen molar-refractivity contribution in [2.24, 2.45) is 0 Å². The third-order valence-corrected chi connectivity index (χ3v) is 3.70. The Morgan fingerprint density at radius 2 is 2.28 bits per heavy atom. The second kappa shape index (κ2) is 5.48. The molecule has 1 atom stereocenters. The Bertz CT molecular complexity index is 445. The zero-order chi connectivity index (χ0) is 13.1. The Labute approximate surface area is 108 Å². The van der Waals surface area contributed by atoms with Gasteiger partial charge in [0.05, 0.1) is 4.92 Å². The highest BCUT2D eigenvalue weighted by molar-refractivity contribution is 5.40. The number of rotatable bonds is 4. The zero-order valence-electron chi connectivity index (χ0n) is 11.1. The number of non-ortho nitro benzene ring substituents is 1. The molecule has 0 bridgehead atoms. The molecule has 0 aliphatic carbocycles. The zero-order valence-corrected chi connectivity index (χ0v) is 11.1. The molecule has 18 heavy (non-hydrogen) atoms. The van der Waals surface area contributed by atoms with E-state index in [1.165, 1.54) is 18.4 Å². The molecule has 98 valence electrons. The molecule has 2 rings (SSSR count). The minimum Gasteiger partial charge on any atom is -0.296 e. The number of nitro benzene ring substituents is 1. The summed E-state index contributed by atoms with van der Waals surface area (Å²) in [7, 11) is 0. The predicted molar refractivity (Wildman–Crippen MR) is 71.7 cm³/mol. The average Bonchev–Trinajstić information content (AvgIpc) is 2.77. The van der Waals surface area contributed by atoms with Crippen molar-refractivity contribution in [3.8, 4) is 0 Å². The third-order valence-electron chi connectivity index (χ3n) is 3.70. The van der Waals surface area contributed by atoms with Gasteiger partial charge in [0.2, 0.25) is 0 Å². The van der Waals surface area contributed by atoms with E-state index < -0.39 is 0 Å². The van der Waals surface area contributed by atoms with Crippen LogP contribution in [-0.4, -0.2) is 22.9 Å². The van der Waals surface area contributed by atoms with E-state index in [2.05, 4.69) is 11.8 Å². The molecule has 4 nitrogen and oxygen atoms in total. The minimum atomic E-state index is -0.324. The molecular formula is C14H20N2O2. The molecule has 0 aromatic heterocycles. The van der Waals surface area contributed by atoms with Crippen molar-refractivity contribution in [1.29, 1.82) is 0 Å². The van der Waals surface area contributed by atoms with Gasteiger partial charge in [-0.15, -0.1) is 0 Å². The van der Waals surface area contributed by atoms with Gasteiger partial charge in [0.1, 0.15) is 0 Å². The van der Waals surface area contributed by atoms with Crippen LogP contribution in [0.15, 0.2) is 18.2 Å². The lowest BCUT2D eigenvalue weighted by Gasteiger charge is -2.25. The Kier molecular flexibility index (Phi) is 3.97. The first-order valence-electron chi connectivity index (χ1n) is 6.62. The summed E-state index contributed by atoms with van der Waals surface area (Å²) >= 11 is 0. The summed E-state index contributed by atoms with van der Waals surface area (Å²) in [6.45, 7) is 6.43. The molecule has 0 radical (unpaired) electrons. The normalized spacial score (nSPS) is 20.2. The Balaban J connectivity index is 2.25. The number of hydrogen-bond donors (Lipinski definition) is 0. The maximum absolute atomic E-state index is 10.7. The standard InChI is InChI=1S/C14H20N2O2/c1-3-8-15-9-4-5-14(15)13-7-6-12(16(17)18)10-11(13)2/h6-7,10,14H,3-5,8-9H2,1-2H3. The second-order valence-corrected chi connectivity index (χ2v) is 4.99. The van der Waals surface area contributed by atoms with Gasteiger partial charge in [0.25, 0.3) is 5.69 Å². The molecule has 0 amide bonds. The van der Waals surface area contributed by atoms with E-state index in [9.17, 15) is 10.1 Å². The first kappa shape index (κ1) is 13.0. The molecule has 1 aliphatic rings. The summed E-state index contributed by atoms with van der Waals surface area (Å²) in [6, 6.07) is 5.71. The van der Waals surface area contributed by atoms with Gasteiger partial charge >= 0.3 is 0 Å². The highest BCUT2D eigenvalue weighted by Crippen LogP contribution is 2.34. The number of nitrogens with zero attached hydrogens (tertiary/aromatic N) is 2. The van der Waals surface area contributed by atoms with Gasteiger partial charge in [-0.3, -0.25) is 15.0 Å². The monoisotopic (exact) mass is 248 g/mol. The van der Waals surface area contributed by atoms with Gasteiger partial charge in [-0.25, -0.2) is 0 Å². The lowest BCUT2D eigenvalue weighted by Crippen LogP contribution is -2.24. The molecule has 1 aliphatic heterocycles. The van der Waals surface area contributed by atoms with Gasteiger partial charge in [0.15, 0.2) is 0 Å². The summed E-state index contributed by atoms with van der Waals surface area (Å²) in [5.41, 5.74) is 2.49. The van der Waals surface area contributed by atoms with Crippen LogP contribution in [0.1, 0.15) is 43.4 Å². The first-order chi connectivity index (χ1) is 8.63. The fraction of sp³-hybridized carbons (Fsp3) is 0.571. The number of likely N-dealkylation sites (tertiary alicyclic amines) is 1. The molecule has 1 aromatic carbocycles. The number of benzene rings is 1. The number of hydrogen-bond acceptors (Lipinski definition) is 3. The van der Waals surface area contributed by atoms with Gasteiger partial charge in [0, 0.05) is 18.2 Å². The van der Waals surface area contributed by atoms with Crippen LogP contribution in [0.4, 0.5) is 5.69 Å². The second-order valence-electron chi connectivity index (χ2n) is 4.99. The number of nitro groups is 1. The van der Waals surface area contributed by atoms with Gasteiger partial charge < -0.3 is 0 Å². The van der Waals surface area contributed by atoms with Crippen LogP contribution in [0.25, 0.3) is 0 Å². The lowest BCUT2D eigenvalue weighted by atomic mass is 9.98. The molecule has 1 aromatic rings. The molecular weight excluding hydrogens is 228 g/mol. The molecule has 4 heteroatoms. The summed E-state index contributed by atoms with van der Waals surface area (Å²) in [4.78, 5) is 12.9. The Morgan fingerprint density at radius 3 is 2.89 bits per heavy atom. The molecule has 0 spiro atoms. The van der Waals surface area contributed by atoms with Crippen molar-refractivity contribution < 1.29 is 4.92 Å². The molecule has 0 N–H and O–H groups in total. The van der Waals surface area contributed by atoms with Crippen molar-refractivity contribution >= 4 is 5.69 Å². The molecule has 0 saturated carbocycles. The van der Waals surface area contributed by atoms with Crippen molar-refractivity contribution in [3.05, 3.63) is 39.4 Å². The molecule has 1 unspecified atom stereocenters. The minimum absolute atomic E-state index is 0.191. The predicted octanol–water partition coefficient (Wildman–Crippen LogP) is 3.45. The van der Waals surface area contributed by atoms with E-state index in [0.717, 1.165) is 25.1 Å². The maximum Gasteiger partial charge on any atom is 0.269 e. The average molecular weight is 248 g/mol. The summed E-state index contributed by atoms with van der Waals surface area (Å²) < 4.78 is 0. The van der Waals surface area contributed by atoms with Crippen LogP contribution in [0.2, 0.25) is 0 Å². The van der Waals surface area contributed by atoms with Crippen LogP contribution >= 0.6 is 0 Å². The van der Waals surface area contributed by atoms with E-state index >= 15 is 0 Å². The summed E-state index contributed by atoms with van der Waals surface area (Å²) in [5.74, 6) is 0. The van der Waals surface area contributed by atoms with Crippen LogP contribution < -0.4 is 0 Å². The Morgan fingerprint density at radius 1 is 1.50 bits per heavy atom. The van der Waals surface area contributed by atoms with Gasteiger partial charge in [-0.2, -0.15) is 0 Å². The van der Waals surface area contributed by atoms with Crippen LogP contribution in [-0.2, 0) is 0 Å². The highest BCUT2D eigenvalue weighted by atomic mass is 16.6. The van der Waals surface area contributed by atoms with E-state index in [1.54, 1.807) is 12.1 Å². The lowest BCUT2D eigenvalue weighted by molar-refractivity contribution is -0.384. The van der Waals surface area contributed by atoms with Gasteiger partial charge in [-0.1, -0.05) is 13.0 Å². The van der Waals surface area contributed by atoms with Gasteiger partial charge in [-0.05, 0) is 50.4 Å².